The van der Waals surface area contributed by atoms with Crippen molar-refractivity contribution in [1.29, 1.82) is 0 Å². The summed E-state index contributed by atoms with van der Waals surface area (Å²) in [4.78, 5) is 3.18. The van der Waals surface area contributed by atoms with Gasteiger partial charge in [0.25, 0.3) is 0 Å². The Bertz CT molecular complexity index is 445. The van der Waals surface area contributed by atoms with E-state index in [1.54, 1.807) is 7.11 Å². The predicted molar refractivity (Wildman–Crippen MR) is 57.5 cm³/mol. The van der Waals surface area contributed by atoms with E-state index in [9.17, 15) is 0 Å². The molecule has 1 unspecified atom stereocenters. The van der Waals surface area contributed by atoms with E-state index in [4.69, 9.17) is 10.5 Å². The van der Waals surface area contributed by atoms with Crippen molar-refractivity contribution in [3.63, 3.8) is 0 Å². The van der Waals surface area contributed by atoms with E-state index >= 15 is 0 Å². The number of hydrogen-bond acceptors (Lipinski definition) is 2. The number of ether oxygens (including phenoxy) is 1. The van der Waals surface area contributed by atoms with E-state index in [0.717, 1.165) is 22.2 Å². The van der Waals surface area contributed by atoms with Gasteiger partial charge in [-0.05, 0) is 24.6 Å². The largest absolute Gasteiger partial charge is 0.496 e. The van der Waals surface area contributed by atoms with Crippen molar-refractivity contribution in [2.45, 2.75) is 13.0 Å². The maximum Gasteiger partial charge on any atom is 0.128 e. The standard InChI is InChI=1S/C11H14N2O/c1-7(12)8-6-13-9-4-3-5-10(14-2)11(8)9/h3-7,13H,12H2,1-2H3. The molecule has 0 aliphatic carbocycles. The zero-order valence-electron chi connectivity index (χ0n) is 8.37. The molecule has 0 spiro atoms. The molecule has 1 aromatic carbocycles. The average Bonchev–Trinajstić information content (AvgIpc) is 2.60. The Kier molecular flexibility index (Phi) is 2.17. The van der Waals surface area contributed by atoms with Crippen molar-refractivity contribution in [2.24, 2.45) is 5.73 Å². The summed E-state index contributed by atoms with van der Waals surface area (Å²) in [5, 5.41) is 1.09. The van der Waals surface area contributed by atoms with E-state index in [1.165, 1.54) is 0 Å². The SMILES string of the molecule is COc1cccc2[nH]cc(C(C)N)c12. The third-order valence-electron chi connectivity index (χ3n) is 2.41. The van der Waals surface area contributed by atoms with Crippen molar-refractivity contribution < 1.29 is 4.74 Å². The fourth-order valence-electron chi connectivity index (χ4n) is 1.71. The minimum Gasteiger partial charge on any atom is -0.496 e. The molecule has 1 aromatic heterocycles. The number of hydrogen-bond donors (Lipinski definition) is 2. The summed E-state index contributed by atoms with van der Waals surface area (Å²) in [5.41, 5.74) is 8.03. The van der Waals surface area contributed by atoms with Crippen molar-refractivity contribution >= 4 is 10.9 Å². The number of nitrogens with two attached hydrogens (primary N) is 1. The van der Waals surface area contributed by atoms with Crippen molar-refractivity contribution in [3.8, 4) is 5.75 Å². The number of nitrogens with one attached hydrogen (secondary N) is 1. The normalized spacial score (nSPS) is 13.1. The molecule has 0 aliphatic heterocycles. The first-order chi connectivity index (χ1) is 6.74. The van der Waals surface area contributed by atoms with Gasteiger partial charge in [0.1, 0.15) is 5.75 Å². The molecule has 0 radical (unpaired) electrons. The summed E-state index contributed by atoms with van der Waals surface area (Å²) >= 11 is 0. The zero-order chi connectivity index (χ0) is 10.1. The molecule has 2 aromatic rings. The molecule has 74 valence electrons. The van der Waals surface area contributed by atoms with Gasteiger partial charge in [0, 0.05) is 23.1 Å². The first kappa shape index (κ1) is 9.09. The topological polar surface area (TPSA) is 51.0 Å². The number of aromatic nitrogens is 1. The van der Waals surface area contributed by atoms with Gasteiger partial charge in [0.2, 0.25) is 0 Å². The molecule has 3 heteroatoms. The number of benzene rings is 1. The summed E-state index contributed by atoms with van der Waals surface area (Å²) in [5.74, 6) is 0.871. The highest BCUT2D eigenvalue weighted by molar-refractivity contribution is 5.89. The Morgan fingerprint density at radius 2 is 2.21 bits per heavy atom. The van der Waals surface area contributed by atoms with Crippen molar-refractivity contribution in [3.05, 3.63) is 30.0 Å². The van der Waals surface area contributed by atoms with Crippen molar-refractivity contribution in [1.82, 2.24) is 4.98 Å². The second-order valence-corrected chi connectivity index (χ2v) is 3.42. The lowest BCUT2D eigenvalue weighted by Crippen LogP contribution is -2.04. The minimum absolute atomic E-state index is 0.0139. The molecule has 3 N–H and O–H groups in total. The van der Waals surface area contributed by atoms with Crippen molar-refractivity contribution in [2.75, 3.05) is 7.11 Å². The molecule has 1 atom stereocenters. The smallest absolute Gasteiger partial charge is 0.128 e. The van der Waals surface area contributed by atoms with Gasteiger partial charge in [-0.15, -0.1) is 0 Å². The molecule has 0 fully saturated rings. The fourth-order valence-corrected chi connectivity index (χ4v) is 1.71. The van der Waals surface area contributed by atoms with Crippen LogP contribution in [0.2, 0.25) is 0 Å². The highest BCUT2D eigenvalue weighted by atomic mass is 16.5. The van der Waals surface area contributed by atoms with E-state index in [0.29, 0.717) is 0 Å². The zero-order valence-corrected chi connectivity index (χ0v) is 8.37. The lowest BCUT2D eigenvalue weighted by Gasteiger charge is -2.06. The first-order valence-corrected chi connectivity index (χ1v) is 4.63. The summed E-state index contributed by atoms with van der Waals surface area (Å²) in [7, 11) is 1.67. The monoisotopic (exact) mass is 190 g/mol. The van der Waals surface area contributed by atoms with Crippen LogP contribution in [0.4, 0.5) is 0 Å². The number of H-pyrrole nitrogens is 1. The van der Waals surface area contributed by atoms with Gasteiger partial charge in [-0.3, -0.25) is 0 Å². The van der Waals surface area contributed by atoms with Crippen LogP contribution in [0.5, 0.6) is 5.75 Å². The average molecular weight is 190 g/mol. The van der Waals surface area contributed by atoms with Crippen LogP contribution in [0.3, 0.4) is 0 Å². The Morgan fingerprint density at radius 1 is 1.43 bits per heavy atom. The van der Waals surface area contributed by atoms with Gasteiger partial charge in [-0.2, -0.15) is 0 Å². The lowest BCUT2D eigenvalue weighted by molar-refractivity contribution is 0.419. The number of rotatable bonds is 2. The number of fused-ring (bicyclic) bond motifs is 1. The number of aromatic amines is 1. The highest BCUT2D eigenvalue weighted by Crippen LogP contribution is 2.30. The summed E-state index contributed by atoms with van der Waals surface area (Å²) in [6, 6.07) is 5.94. The predicted octanol–water partition coefficient (Wildman–Crippen LogP) is 2.20. The first-order valence-electron chi connectivity index (χ1n) is 4.63. The Labute approximate surface area is 82.9 Å². The quantitative estimate of drug-likeness (QED) is 0.762. The van der Waals surface area contributed by atoms with Gasteiger partial charge in [0.05, 0.1) is 7.11 Å². The van der Waals surface area contributed by atoms with E-state index in [2.05, 4.69) is 4.98 Å². The van der Waals surface area contributed by atoms with Crippen LogP contribution in [0, 0.1) is 0 Å². The Balaban J connectivity index is 2.74. The third-order valence-corrected chi connectivity index (χ3v) is 2.41. The highest BCUT2D eigenvalue weighted by Gasteiger charge is 2.11. The second kappa shape index (κ2) is 3.35. The molecule has 0 saturated heterocycles. The molecule has 3 nitrogen and oxygen atoms in total. The molecular weight excluding hydrogens is 176 g/mol. The fraction of sp³-hybridized carbons (Fsp3) is 0.273. The summed E-state index contributed by atoms with van der Waals surface area (Å²) in [6.45, 7) is 1.97. The lowest BCUT2D eigenvalue weighted by atomic mass is 10.1. The Morgan fingerprint density at radius 3 is 2.86 bits per heavy atom. The van der Waals surface area contributed by atoms with Gasteiger partial charge >= 0.3 is 0 Å². The molecule has 0 bridgehead atoms. The number of methoxy groups -OCH3 is 1. The molecule has 2 rings (SSSR count). The molecule has 0 aliphatic rings. The van der Waals surface area contributed by atoms with Gasteiger partial charge < -0.3 is 15.5 Å². The van der Waals surface area contributed by atoms with Crippen LogP contribution < -0.4 is 10.5 Å². The van der Waals surface area contributed by atoms with Crippen LogP contribution in [0.1, 0.15) is 18.5 Å². The van der Waals surface area contributed by atoms with Crippen LogP contribution in [0.25, 0.3) is 10.9 Å². The molecule has 0 saturated carbocycles. The van der Waals surface area contributed by atoms with Crippen LogP contribution in [-0.4, -0.2) is 12.1 Å². The van der Waals surface area contributed by atoms with E-state index < -0.39 is 0 Å². The van der Waals surface area contributed by atoms with Gasteiger partial charge in [-0.1, -0.05) is 6.07 Å². The van der Waals surface area contributed by atoms with Gasteiger partial charge in [-0.25, -0.2) is 0 Å². The maximum absolute atomic E-state index is 5.87. The maximum atomic E-state index is 5.87. The summed E-state index contributed by atoms with van der Waals surface area (Å²) in [6.07, 6.45) is 1.94. The van der Waals surface area contributed by atoms with Crippen LogP contribution in [-0.2, 0) is 0 Å². The van der Waals surface area contributed by atoms with E-state index in [-0.39, 0.29) is 6.04 Å². The molecule has 1 heterocycles. The summed E-state index contributed by atoms with van der Waals surface area (Å²) < 4.78 is 5.30. The molecular formula is C11H14N2O. The van der Waals surface area contributed by atoms with Crippen LogP contribution >= 0.6 is 0 Å². The van der Waals surface area contributed by atoms with Crippen LogP contribution in [0.15, 0.2) is 24.4 Å². The molecule has 14 heavy (non-hydrogen) atoms. The van der Waals surface area contributed by atoms with Gasteiger partial charge in [0.15, 0.2) is 0 Å². The third kappa shape index (κ3) is 1.26. The van der Waals surface area contributed by atoms with E-state index in [1.807, 2.05) is 31.3 Å². The minimum atomic E-state index is 0.0139. The Hall–Kier alpha value is -1.48. The molecule has 0 amide bonds. The second-order valence-electron chi connectivity index (χ2n) is 3.42.